The predicted octanol–water partition coefficient (Wildman–Crippen LogP) is 4.93. The van der Waals surface area contributed by atoms with Gasteiger partial charge in [-0.3, -0.25) is 9.69 Å². The third kappa shape index (κ3) is 4.15. The van der Waals surface area contributed by atoms with Gasteiger partial charge in [0.05, 0.1) is 11.4 Å². The number of amides is 1. The molecule has 8 heteroatoms. The number of aryl methyl sites for hydroxylation is 1. The van der Waals surface area contributed by atoms with Crippen molar-refractivity contribution in [3.63, 3.8) is 0 Å². The number of hydrogen-bond acceptors (Lipinski definition) is 6. The van der Waals surface area contributed by atoms with Gasteiger partial charge in [0.15, 0.2) is 10.8 Å². The first-order chi connectivity index (χ1) is 14.8. The molecular weight excluding hydrogens is 417 g/mol. The average molecular weight is 435 g/mol. The lowest BCUT2D eigenvalue weighted by atomic mass is 10.1. The fraction of sp³-hybridized carbons (Fsp3) is 0.130. The number of cyclic esters (lactones) is 1. The molecule has 0 N–H and O–H groups in total. The molecule has 0 atom stereocenters. The zero-order chi connectivity index (χ0) is 22.1. The SMILES string of the molecule is CC(=O)N(c1nc(C=C2N=C(c3cccc(F)c3)OC2=O)cs1)c1cccc(C)c1C. The van der Waals surface area contributed by atoms with Crippen LogP contribution in [0.3, 0.4) is 0 Å². The molecule has 1 aliphatic rings. The number of carbonyl (C=O) groups is 2. The number of carbonyl (C=O) groups excluding carboxylic acids is 2. The van der Waals surface area contributed by atoms with E-state index in [1.807, 2.05) is 32.0 Å². The van der Waals surface area contributed by atoms with Crippen LogP contribution in [-0.4, -0.2) is 22.8 Å². The fourth-order valence-electron chi connectivity index (χ4n) is 3.12. The number of aromatic nitrogens is 1. The molecule has 31 heavy (non-hydrogen) atoms. The molecule has 0 aliphatic carbocycles. The Morgan fingerprint density at radius 1 is 1.19 bits per heavy atom. The van der Waals surface area contributed by atoms with Crippen molar-refractivity contribution in [2.45, 2.75) is 20.8 Å². The lowest BCUT2D eigenvalue weighted by molar-refractivity contribution is -0.130. The zero-order valence-electron chi connectivity index (χ0n) is 17.0. The van der Waals surface area contributed by atoms with Crippen LogP contribution in [0.4, 0.5) is 15.2 Å². The summed E-state index contributed by atoms with van der Waals surface area (Å²) in [5, 5.41) is 2.21. The monoisotopic (exact) mass is 435 g/mol. The van der Waals surface area contributed by atoms with Gasteiger partial charge in [0, 0.05) is 17.9 Å². The van der Waals surface area contributed by atoms with Crippen molar-refractivity contribution in [3.05, 3.63) is 81.7 Å². The highest BCUT2D eigenvalue weighted by atomic mass is 32.1. The Bertz CT molecular complexity index is 1260. The second-order valence-electron chi connectivity index (χ2n) is 6.97. The highest BCUT2D eigenvalue weighted by Gasteiger charge is 2.25. The summed E-state index contributed by atoms with van der Waals surface area (Å²) in [5.74, 6) is -1.23. The molecule has 1 amide bonds. The standard InChI is InChI=1S/C23H18FN3O3S/c1-13-6-4-9-20(14(13)2)27(15(3)28)23-25-18(12-31-23)11-19-22(29)30-21(26-19)16-7-5-8-17(24)10-16/h4-12H,1-3H3. The first-order valence-electron chi connectivity index (χ1n) is 9.44. The van der Waals surface area contributed by atoms with E-state index >= 15 is 0 Å². The maximum Gasteiger partial charge on any atom is 0.363 e. The number of nitrogens with zero attached hydrogens (tertiary/aromatic N) is 3. The van der Waals surface area contributed by atoms with E-state index in [1.54, 1.807) is 16.3 Å². The van der Waals surface area contributed by atoms with Crippen LogP contribution in [0.25, 0.3) is 6.08 Å². The van der Waals surface area contributed by atoms with Gasteiger partial charge in [0.1, 0.15) is 5.82 Å². The van der Waals surface area contributed by atoms with Gasteiger partial charge in [0.25, 0.3) is 0 Å². The first kappa shape index (κ1) is 20.6. The molecule has 0 spiro atoms. The molecular formula is C23H18FN3O3S. The van der Waals surface area contributed by atoms with E-state index in [0.717, 1.165) is 16.8 Å². The Morgan fingerprint density at radius 3 is 2.71 bits per heavy atom. The fourth-order valence-corrected chi connectivity index (χ4v) is 3.96. The normalized spacial score (nSPS) is 14.5. The predicted molar refractivity (Wildman–Crippen MR) is 118 cm³/mol. The summed E-state index contributed by atoms with van der Waals surface area (Å²) < 4.78 is 18.6. The lowest BCUT2D eigenvalue weighted by Gasteiger charge is -2.21. The molecule has 6 nitrogen and oxygen atoms in total. The summed E-state index contributed by atoms with van der Waals surface area (Å²) in [6.45, 7) is 5.41. The third-order valence-corrected chi connectivity index (χ3v) is 5.65. The summed E-state index contributed by atoms with van der Waals surface area (Å²) in [4.78, 5) is 34.8. The highest BCUT2D eigenvalue weighted by Crippen LogP contribution is 2.33. The maximum absolute atomic E-state index is 13.4. The second kappa shape index (κ2) is 8.23. The minimum absolute atomic E-state index is 0.0342. The number of esters is 1. The van der Waals surface area contributed by atoms with Gasteiger partial charge in [-0.1, -0.05) is 18.2 Å². The van der Waals surface area contributed by atoms with Crippen LogP contribution in [0.15, 0.2) is 58.5 Å². The quantitative estimate of drug-likeness (QED) is 0.430. The molecule has 2 aromatic carbocycles. The number of halogens is 1. The summed E-state index contributed by atoms with van der Waals surface area (Å²) in [6.07, 6.45) is 1.48. The Hall–Kier alpha value is -3.65. The molecule has 156 valence electrons. The lowest BCUT2D eigenvalue weighted by Crippen LogP contribution is -2.23. The Morgan fingerprint density at radius 2 is 1.97 bits per heavy atom. The largest absolute Gasteiger partial charge is 0.402 e. The van der Waals surface area contributed by atoms with Crippen LogP contribution in [0, 0.1) is 19.7 Å². The number of aliphatic imine (C=N–C) groups is 1. The first-order valence-corrected chi connectivity index (χ1v) is 10.3. The van der Waals surface area contributed by atoms with Gasteiger partial charge in [-0.05, 0) is 55.3 Å². The summed E-state index contributed by atoms with van der Waals surface area (Å²) in [7, 11) is 0. The number of hydrogen-bond donors (Lipinski definition) is 0. The summed E-state index contributed by atoms with van der Waals surface area (Å²) in [5.41, 5.74) is 3.69. The molecule has 2 heterocycles. The Labute approximate surface area is 182 Å². The van der Waals surface area contributed by atoms with E-state index in [-0.39, 0.29) is 17.5 Å². The van der Waals surface area contributed by atoms with Gasteiger partial charge in [-0.25, -0.2) is 19.2 Å². The minimum atomic E-state index is -0.647. The number of thiazole rings is 1. The minimum Gasteiger partial charge on any atom is -0.402 e. The van der Waals surface area contributed by atoms with Crippen molar-refractivity contribution in [3.8, 4) is 0 Å². The van der Waals surface area contributed by atoms with Crippen molar-refractivity contribution in [1.82, 2.24) is 4.98 Å². The van der Waals surface area contributed by atoms with Crippen molar-refractivity contribution < 1.29 is 18.7 Å². The van der Waals surface area contributed by atoms with E-state index in [2.05, 4.69) is 9.98 Å². The van der Waals surface area contributed by atoms with Gasteiger partial charge in [-0.15, -0.1) is 11.3 Å². The van der Waals surface area contributed by atoms with Crippen LogP contribution >= 0.6 is 11.3 Å². The Balaban J connectivity index is 1.66. The highest BCUT2D eigenvalue weighted by molar-refractivity contribution is 7.14. The van der Waals surface area contributed by atoms with Gasteiger partial charge >= 0.3 is 5.97 Å². The average Bonchev–Trinajstić information content (AvgIpc) is 3.32. The van der Waals surface area contributed by atoms with Crippen molar-refractivity contribution >= 4 is 46.0 Å². The van der Waals surface area contributed by atoms with Gasteiger partial charge in [0.2, 0.25) is 11.8 Å². The molecule has 1 aliphatic heterocycles. The maximum atomic E-state index is 13.4. The Kier molecular flexibility index (Phi) is 5.48. The van der Waals surface area contributed by atoms with Crippen LogP contribution < -0.4 is 4.90 Å². The molecule has 0 radical (unpaired) electrons. The van der Waals surface area contributed by atoms with Gasteiger partial charge in [-0.2, -0.15) is 0 Å². The molecule has 0 bridgehead atoms. The van der Waals surface area contributed by atoms with Crippen molar-refractivity contribution in [1.29, 1.82) is 0 Å². The third-order valence-electron chi connectivity index (χ3n) is 4.81. The van der Waals surface area contributed by atoms with Gasteiger partial charge < -0.3 is 4.74 Å². The number of benzene rings is 2. The smallest absolute Gasteiger partial charge is 0.363 e. The van der Waals surface area contributed by atoms with E-state index < -0.39 is 11.8 Å². The molecule has 0 unspecified atom stereocenters. The van der Waals surface area contributed by atoms with Crippen LogP contribution in [0.5, 0.6) is 0 Å². The van der Waals surface area contributed by atoms with E-state index in [0.29, 0.717) is 16.4 Å². The van der Waals surface area contributed by atoms with E-state index in [1.165, 1.54) is 42.5 Å². The van der Waals surface area contributed by atoms with Crippen molar-refractivity contribution in [2.24, 2.45) is 4.99 Å². The molecule has 0 fully saturated rings. The van der Waals surface area contributed by atoms with Crippen LogP contribution in [0.1, 0.15) is 29.3 Å². The number of anilines is 2. The molecule has 1 aromatic heterocycles. The molecule has 0 saturated carbocycles. The van der Waals surface area contributed by atoms with Crippen molar-refractivity contribution in [2.75, 3.05) is 4.90 Å². The summed E-state index contributed by atoms with van der Waals surface area (Å²) >= 11 is 1.28. The number of ether oxygens (including phenoxy) is 1. The zero-order valence-corrected chi connectivity index (χ0v) is 17.9. The summed E-state index contributed by atoms with van der Waals surface area (Å²) in [6, 6.07) is 11.4. The van der Waals surface area contributed by atoms with Crippen LogP contribution in [0.2, 0.25) is 0 Å². The van der Waals surface area contributed by atoms with Crippen LogP contribution in [-0.2, 0) is 14.3 Å². The second-order valence-corrected chi connectivity index (χ2v) is 7.81. The topological polar surface area (TPSA) is 71.9 Å². The molecule has 4 rings (SSSR count). The van der Waals surface area contributed by atoms with E-state index in [9.17, 15) is 14.0 Å². The molecule has 0 saturated heterocycles. The molecule has 3 aromatic rings. The van der Waals surface area contributed by atoms with E-state index in [4.69, 9.17) is 4.74 Å². The number of rotatable bonds is 4.